The molecule has 2 rings (SSSR count). The Balaban J connectivity index is 1.93. The van der Waals surface area contributed by atoms with Crippen molar-refractivity contribution in [1.29, 1.82) is 0 Å². The molecule has 190 valence electrons. The highest BCUT2D eigenvalue weighted by Crippen LogP contribution is 2.26. The van der Waals surface area contributed by atoms with Crippen LogP contribution < -0.4 is 0 Å². The highest BCUT2D eigenvalue weighted by atomic mass is 32.1. The molecular formula is C18H34O12S2. The number of hydrogen-bond acceptors (Lipinski definition) is 14. The van der Waals surface area contributed by atoms with Gasteiger partial charge >= 0.3 is 0 Å². The van der Waals surface area contributed by atoms with Crippen LogP contribution in [0.25, 0.3) is 0 Å². The standard InChI is InChI=1S/C18H34O12S2/c19-7-9-11(20)14(23)16(18(28-9)26-4-2-6-32)30-27-8-10-12(21)13(22)15(24)17(29-10)25-3-1-5-31/h9-24,31-32H,1-8H2/t9?,10?,11-,12+,13?,14?,15?,16?,17-,18+/m0/s1. The molecule has 0 aromatic heterocycles. The van der Waals surface area contributed by atoms with E-state index in [4.69, 9.17) is 28.7 Å². The van der Waals surface area contributed by atoms with Crippen LogP contribution in [-0.2, 0) is 28.7 Å². The van der Waals surface area contributed by atoms with Gasteiger partial charge in [-0.3, -0.25) is 0 Å². The molecule has 6 N–H and O–H groups in total. The zero-order valence-corrected chi connectivity index (χ0v) is 19.2. The molecule has 6 unspecified atom stereocenters. The van der Waals surface area contributed by atoms with Crippen LogP contribution in [0.1, 0.15) is 12.8 Å². The van der Waals surface area contributed by atoms with Gasteiger partial charge in [0, 0.05) is 0 Å². The number of rotatable bonds is 13. The molecule has 2 saturated heterocycles. The summed E-state index contributed by atoms with van der Waals surface area (Å²) in [7, 11) is 0. The van der Waals surface area contributed by atoms with Gasteiger partial charge in [0.2, 0.25) is 0 Å². The van der Waals surface area contributed by atoms with Crippen LogP contribution in [0.4, 0.5) is 0 Å². The Hall–Kier alpha value is 0.220. The summed E-state index contributed by atoms with van der Waals surface area (Å²) in [6.45, 7) is -0.521. The van der Waals surface area contributed by atoms with Crippen LogP contribution in [0.5, 0.6) is 0 Å². The molecule has 2 heterocycles. The van der Waals surface area contributed by atoms with Gasteiger partial charge in [0.15, 0.2) is 18.7 Å². The van der Waals surface area contributed by atoms with E-state index in [0.29, 0.717) is 24.3 Å². The van der Waals surface area contributed by atoms with Crippen molar-refractivity contribution in [2.75, 3.05) is 37.9 Å². The monoisotopic (exact) mass is 506 g/mol. The lowest BCUT2D eigenvalue weighted by molar-refractivity contribution is -0.419. The summed E-state index contributed by atoms with van der Waals surface area (Å²) in [5, 5.41) is 60.1. The second-order valence-electron chi connectivity index (χ2n) is 7.46. The van der Waals surface area contributed by atoms with Crippen LogP contribution in [0.2, 0.25) is 0 Å². The molecule has 0 amide bonds. The molecule has 14 heteroatoms. The fourth-order valence-electron chi connectivity index (χ4n) is 3.20. The van der Waals surface area contributed by atoms with Gasteiger partial charge in [-0.25, -0.2) is 9.78 Å². The van der Waals surface area contributed by atoms with Crippen LogP contribution in [-0.4, -0.2) is 130 Å². The van der Waals surface area contributed by atoms with E-state index in [1.54, 1.807) is 0 Å². The smallest absolute Gasteiger partial charge is 0.190 e. The van der Waals surface area contributed by atoms with Crippen LogP contribution in [0.15, 0.2) is 0 Å². The fourth-order valence-corrected chi connectivity index (χ4v) is 3.46. The molecule has 0 aliphatic carbocycles. The summed E-state index contributed by atoms with van der Waals surface area (Å²) in [6.07, 6.45) is -12.2. The van der Waals surface area contributed by atoms with Crippen molar-refractivity contribution in [2.24, 2.45) is 0 Å². The maximum Gasteiger partial charge on any atom is 0.190 e. The van der Waals surface area contributed by atoms with Crippen molar-refractivity contribution >= 4 is 25.3 Å². The zero-order valence-electron chi connectivity index (χ0n) is 17.5. The molecule has 32 heavy (non-hydrogen) atoms. The van der Waals surface area contributed by atoms with Gasteiger partial charge in [-0.2, -0.15) is 25.3 Å². The van der Waals surface area contributed by atoms with E-state index in [9.17, 15) is 30.6 Å². The van der Waals surface area contributed by atoms with Crippen molar-refractivity contribution < 1.29 is 59.4 Å². The van der Waals surface area contributed by atoms with Crippen molar-refractivity contribution in [3.8, 4) is 0 Å². The number of hydrogen-bond donors (Lipinski definition) is 8. The van der Waals surface area contributed by atoms with E-state index in [0.717, 1.165) is 0 Å². The predicted octanol–water partition coefficient (Wildman–Crippen LogP) is -2.78. The summed E-state index contributed by atoms with van der Waals surface area (Å²) >= 11 is 8.14. The van der Waals surface area contributed by atoms with E-state index in [1.165, 1.54) is 0 Å². The Bertz CT molecular complexity index is 520. The minimum atomic E-state index is -1.55. The number of aliphatic hydroxyl groups is 6. The first-order valence-electron chi connectivity index (χ1n) is 10.4. The van der Waals surface area contributed by atoms with Crippen molar-refractivity contribution in [3.05, 3.63) is 0 Å². The Morgan fingerprint density at radius 2 is 1.25 bits per heavy atom. The average Bonchev–Trinajstić information content (AvgIpc) is 2.79. The lowest BCUT2D eigenvalue weighted by Crippen LogP contribution is -2.61. The zero-order chi connectivity index (χ0) is 23.7. The Morgan fingerprint density at radius 1 is 0.688 bits per heavy atom. The van der Waals surface area contributed by atoms with E-state index in [-0.39, 0.29) is 13.2 Å². The Labute approximate surface area is 197 Å². The average molecular weight is 507 g/mol. The lowest BCUT2D eigenvalue weighted by Gasteiger charge is -2.42. The molecule has 0 bridgehead atoms. The summed E-state index contributed by atoms with van der Waals surface area (Å²) < 4.78 is 21.8. The maximum absolute atomic E-state index is 10.4. The molecule has 2 fully saturated rings. The quantitative estimate of drug-likeness (QED) is 0.0559. The first-order valence-corrected chi connectivity index (χ1v) is 11.7. The largest absolute Gasteiger partial charge is 0.394 e. The van der Waals surface area contributed by atoms with Gasteiger partial charge in [0.1, 0.15) is 49.3 Å². The molecule has 0 aromatic carbocycles. The van der Waals surface area contributed by atoms with E-state index < -0.39 is 74.6 Å². The first kappa shape index (κ1) is 28.5. The molecule has 0 aromatic rings. The molecule has 10 atom stereocenters. The third-order valence-electron chi connectivity index (χ3n) is 5.07. The van der Waals surface area contributed by atoms with Crippen LogP contribution >= 0.6 is 25.3 Å². The summed E-state index contributed by atoms with van der Waals surface area (Å²) in [4.78, 5) is 10.3. The number of aliphatic hydroxyl groups excluding tert-OH is 6. The molecule has 0 radical (unpaired) electrons. The molecule has 2 aliphatic heterocycles. The minimum absolute atomic E-state index is 0.217. The Kier molecular flexibility index (Phi) is 13.0. The first-order chi connectivity index (χ1) is 15.3. The third-order valence-corrected chi connectivity index (χ3v) is 5.71. The highest BCUT2D eigenvalue weighted by molar-refractivity contribution is 7.80. The van der Waals surface area contributed by atoms with E-state index in [1.807, 2.05) is 0 Å². The molecule has 0 saturated carbocycles. The number of ether oxygens (including phenoxy) is 4. The van der Waals surface area contributed by atoms with Gasteiger partial charge in [-0.1, -0.05) is 0 Å². The molecule has 0 spiro atoms. The van der Waals surface area contributed by atoms with Crippen molar-refractivity contribution in [3.63, 3.8) is 0 Å². The van der Waals surface area contributed by atoms with Gasteiger partial charge in [0.05, 0.1) is 19.8 Å². The van der Waals surface area contributed by atoms with Gasteiger partial charge in [-0.15, -0.1) is 0 Å². The summed E-state index contributed by atoms with van der Waals surface area (Å²) in [6, 6.07) is 0. The topological polar surface area (TPSA) is 177 Å². The fraction of sp³-hybridized carbons (Fsp3) is 1.00. The van der Waals surface area contributed by atoms with Crippen LogP contribution in [0.3, 0.4) is 0 Å². The minimum Gasteiger partial charge on any atom is -0.394 e. The van der Waals surface area contributed by atoms with Crippen molar-refractivity contribution in [2.45, 2.75) is 74.3 Å². The third kappa shape index (κ3) is 7.61. The summed E-state index contributed by atoms with van der Waals surface area (Å²) in [5.74, 6) is 1.10. The normalized spacial score (nSPS) is 40.5. The van der Waals surface area contributed by atoms with Gasteiger partial charge < -0.3 is 49.6 Å². The number of thiol groups is 2. The molecule has 12 nitrogen and oxygen atoms in total. The van der Waals surface area contributed by atoms with Gasteiger partial charge in [0.25, 0.3) is 0 Å². The Morgan fingerprint density at radius 3 is 1.84 bits per heavy atom. The SMILES string of the molecule is OCC1O[C@@H](OCCCS)C(OOCC2O[C@H](OCCCS)C(O)C(O)[C@@H]2O)C(O)[C@H]1O. The van der Waals surface area contributed by atoms with Gasteiger partial charge in [-0.05, 0) is 24.3 Å². The van der Waals surface area contributed by atoms with E-state index >= 15 is 0 Å². The summed E-state index contributed by atoms with van der Waals surface area (Å²) in [5.41, 5.74) is 0. The van der Waals surface area contributed by atoms with E-state index in [2.05, 4.69) is 25.3 Å². The molecular weight excluding hydrogens is 472 g/mol. The lowest BCUT2D eigenvalue weighted by atomic mass is 9.99. The van der Waals surface area contributed by atoms with Crippen LogP contribution in [0, 0.1) is 0 Å². The maximum atomic E-state index is 10.4. The second-order valence-corrected chi connectivity index (χ2v) is 8.36. The van der Waals surface area contributed by atoms with Crippen molar-refractivity contribution in [1.82, 2.24) is 0 Å². The molecule has 2 aliphatic rings. The second kappa shape index (κ2) is 14.6. The predicted molar refractivity (Wildman–Crippen MR) is 114 cm³/mol. The highest BCUT2D eigenvalue weighted by Gasteiger charge is 2.48.